The second kappa shape index (κ2) is 6.60. The van der Waals surface area contributed by atoms with Gasteiger partial charge in [0.2, 0.25) is 0 Å². The van der Waals surface area contributed by atoms with Crippen molar-refractivity contribution in [3.05, 3.63) is 52.9 Å². The molecule has 0 aliphatic rings. The van der Waals surface area contributed by atoms with E-state index >= 15 is 0 Å². The maximum atomic E-state index is 4.72. The Morgan fingerprint density at radius 2 is 2.19 bits per heavy atom. The second-order valence-corrected chi connectivity index (χ2v) is 6.41. The number of imidazole rings is 1. The number of pyridine rings is 2. The quantitative estimate of drug-likeness (QED) is 0.750. The maximum absolute atomic E-state index is 4.72. The number of nitrogens with zero attached hydrogens (tertiary/aromatic N) is 3. The van der Waals surface area contributed by atoms with Crippen LogP contribution in [0.3, 0.4) is 0 Å². The van der Waals surface area contributed by atoms with Crippen molar-refractivity contribution in [1.82, 2.24) is 19.7 Å². The summed E-state index contributed by atoms with van der Waals surface area (Å²) in [5.74, 6) is 0. The molecule has 0 saturated carbocycles. The van der Waals surface area contributed by atoms with Crippen LogP contribution < -0.4 is 5.32 Å². The molecule has 3 aromatic rings. The molecule has 108 valence electrons. The molecule has 0 saturated heterocycles. The predicted molar refractivity (Wildman–Crippen MR) is 88.6 cm³/mol. The van der Waals surface area contributed by atoms with Crippen molar-refractivity contribution in [2.24, 2.45) is 0 Å². The van der Waals surface area contributed by atoms with Crippen LogP contribution in [0.25, 0.3) is 5.65 Å². The molecule has 1 N–H and O–H groups in total. The minimum absolute atomic E-state index is 0.792. The van der Waals surface area contributed by atoms with Crippen LogP contribution in [-0.4, -0.2) is 20.9 Å². The number of aromatic nitrogens is 3. The lowest BCUT2D eigenvalue weighted by Crippen LogP contribution is -2.14. The summed E-state index contributed by atoms with van der Waals surface area (Å²) in [5, 5.41) is 5.32. The molecule has 0 amide bonds. The third kappa shape index (κ3) is 3.28. The van der Waals surface area contributed by atoms with Crippen molar-refractivity contribution in [1.29, 1.82) is 0 Å². The minimum atomic E-state index is 0.792. The fraction of sp³-hybridized carbons (Fsp3) is 0.200. The smallest absolute Gasteiger partial charge is 0.138 e. The van der Waals surface area contributed by atoms with E-state index in [1.54, 1.807) is 11.8 Å². The summed E-state index contributed by atoms with van der Waals surface area (Å²) in [6, 6.07) is 10.0. The molecular formula is C15H15BrN4S. The molecule has 0 spiro atoms. The molecule has 4 nitrogen and oxygen atoms in total. The summed E-state index contributed by atoms with van der Waals surface area (Å²) >= 11 is 5.00. The van der Waals surface area contributed by atoms with Crippen LogP contribution in [0.15, 0.2) is 57.3 Å². The van der Waals surface area contributed by atoms with E-state index in [4.69, 9.17) is 4.98 Å². The predicted octanol–water partition coefficient (Wildman–Crippen LogP) is 3.75. The van der Waals surface area contributed by atoms with E-state index in [-0.39, 0.29) is 0 Å². The minimum Gasteiger partial charge on any atom is -0.311 e. The van der Waals surface area contributed by atoms with Crippen LogP contribution in [0.4, 0.5) is 0 Å². The Bertz CT molecular complexity index is 739. The fourth-order valence-electron chi connectivity index (χ4n) is 2.03. The zero-order valence-corrected chi connectivity index (χ0v) is 14.0. The number of fused-ring (bicyclic) bond motifs is 1. The van der Waals surface area contributed by atoms with E-state index < -0.39 is 0 Å². The van der Waals surface area contributed by atoms with Gasteiger partial charge in [-0.1, -0.05) is 13.0 Å². The Morgan fingerprint density at radius 1 is 1.29 bits per heavy atom. The monoisotopic (exact) mass is 362 g/mol. The van der Waals surface area contributed by atoms with Gasteiger partial charge in [-0.05, 0) is 58.5 Å². The summed E-state index contributed by atoms with van der Waals surface area (Å²) in [6.07, 6.45) is 3.86. The Labute approximate surface area is 136 Å². The van der Waals surface area contributed by atoms with Crippen molar-refractivity contribution in [2.45, 2.75) is 23.5 Å². The molecule has 0 aromatic carbocycles. The lowest BCUT2D eigenvalue weighted by Gasteiger charge is -2.05. The second-order valence-electron chi connectivity index (χ2n) is 4.49. The van der Waals surface area contributed by atoms with Gasteiger partial charge in [-0.15, -0.1) is 0 Å². The van der Waals surface area contributed by atoms with E-state index in [2.05, 4.69) is 37.6 Å². The SMILES string of the molecule is CCNCc1c(Sc2ccc(Br)cn2)nc2ccccn12. The lowest BCUT2D eigenvalue weighted by atomic mass is 10.4. The summed E-state index contributed by atoms with van der Waals surface area (Å²) in [7, 11) is 0. The first-order valence-electron chi connectivity index (χ1n) is 6.74. The molecule has 3 aromatic heterocycles. The van der Waals surface area contributed by atoms with Gasteiger partial charge in [-0.2, -0.15) is 0 Å². The summed E-state index contributed by atoms with van der Waals surface area (Å²) in [4.78, 5) is 9.13. The van der Waals surface area contributed by atoms with E-state index in [1.165, 1.54) is 5.69 Å². The molecule has 6 heteroatoms. The van der Waals surface area contributed by atoms with E-state index in [0.29, 0.717) is 0 Å². The molecule has 0 unspecified atom stereocenters. The van der Waals surface area contributed by atoms with E-state index in [1.807, 2.05) is 42.7 Å². The van der Waals surface area contributed by atoms with Gasteiger partial charge in [-0.25, -0.2) is 9.97 Å². The largest absolute Gasteiger partial charge is 0.311 e. The Hall–Kier alpha value is -1.37. The molecule has 0 fully saturated rings. The molecular weight excluding hydrogens is 348 g/mol. The highest BCUT2D eigenvalue weighted by atomic mass is 79.9. The third-order valence-electron chi connectivity index (χ3n) is 3.04. The molecule has 0 aliphatic heterocycles. The fourth-order valence-corrected chi connectivity index (χ4v) is 3.13. The van der Waals surface area contributed by atoms with Gasteiger partial charge in [-0.3, -0.25) is 0 Å². The molecule has 3 rings (SSSR count). The lowest BCUT2D eigenvalue weighted by molar-refractivity contribution is 0.694. The van der Waals surface area contributed by atoms with E-state index in [9.17, 15) is 0 Å². The number of hydrogen-bond acceptors (Lipinski definition) is 4. The van der Waals surface area contributed by atoms with Crippen LogP contribution in [0.1, 0.15) is 12.6 Å². The van der Waals surface area contributed by atoms with Crippen LogP contribution in [0.2, 0.25) is 0 Å². The highest BCUT2D eigenvalue weighted by Gasteiger charge is 2.13. The topological polar surface area (TPSA) is 42.2 Å². The van der Waals surface area contributed by atoms with Gasteiger partial charge in [0.25, 0.3) is 0 Å². The highest BCUT2D eigenvalue weighted by Crippen LogP contribution is 2.29. The maximum Gasteiger partial charge on any atom is 0.138 e. The first-order valence-corrected chi connectivity index (χ1v) is 8.35. The Kier molecular flexibility index (Phi) is 4.57. The van der Waals surface area contributed by atoms with Gasteiger partial charge >= 0.3 is 0 Å². The molecule has 21 heavy (non-hydrogen) atoms. The van der Waals surface area contributed by atoms with Crippen LogP contribution >= 0.6 is 27.7 Å². The molecule has 0 radical (unpaired) electrons. The van der Waals surface area contributed by atoms with Crippen molar-refractivity contribution in [3.8, 4) is 0 Å². The number of nitrogens with one attached hydrogen (secondary N) is 1. The average Bonchev–Trinajstić information content (AvgIpc) is 2.85. The van der Waals surface area contributed by atoms with Gasteiger partial charge < -0.3 is 9.72 Å². The van der Waals surface area contributed by atoms with E-state index in [0.717, 1.165) is 33.3 Å². The van der Waals surface area contributed by atoms with Crippen LogP contribution in [0, 0.1) is 0 Å². The first-order chi connectivity index (χ1) is 10.3. The highest BCUT2D eigenvalue weighted by molar-refractivity contribution is 9.10. The number of halogens is 1. The van der Waals surface area contributed by atoms with Crippen LogP contribution in [0.5, 0.6) is 0 Å². The summed E-state index contributed by atoms with van der Waals surface area (Å²) in [6.45, 7) is 3.83. The van der Waals surface area contributed by atoms with Crippen molar-refractivity contribution >= 4 is 33.3 Å². The van der Waals surface area contributed by atoms with Gasteiger partial charge in [0.15, 0.2) is 0 Å². The third-order valence-corrected chi connectivity index (χ3v) is 4.48. The van der Waals surface area contributed by atoms with Gasteiger partial charge in [0.05, 0.1) is 5.69 Å². The Morgan fingerprint density at radius 3 is 2.95 bits per heavy atom. The van der Waals surface area contributed by atoms with Crippen molar-refractivity contribution in [3.63, 3.8) is 0 Å². The zero-order valence-electron chi connectivity index (χ0n) is 11.6. The first kappa shape index (κ1) is 14.6. The Balaban J connectivity index is 1.97. The van der Waals surface area contributed by atoms with Crippen molar-refractivity contribution < 1.29 is 0 Å². The normalized spacial score (nSPS) is 11.1. The van der Waals surface area contributed by atoms with Crippen LogP contribution in [-0.2, 0) is 6.54 Å². The standard InChI is InChI=1S/C15H15BrN4S/c1-2-17-10-12-15(19-13-5-3-4-8-20(12)13)21-14-7-6-11(16)9-18-14/h3-9,17H,2,10H2,1H3. The molecule has 0 atom stereocenters. The number of hydrogen-bond donors (Lipinski definition) is 1. The molecule has 0 aliphatic carbocycles. The molecule has 0 bridgehead atoms. The number of rotatable bonds is 5. The van der Waals surface area contributed by atoms with Gasteiger partial charge in [0.1, 0.15) is 15.7 Å². The van der Waals surface area contributed by atoms with Crippen molar-refractivity contribution in [2.75, 3.05) is 6.54 Å². The molecule has 3 heterocycles. The zero-order chi connectivity index (χ0) is 14.7. The van der Waals surface area contributed by atoms with Gasteiger partial charge in [0, 0.05) is 23.4 Å². The average molecular weight is 363 g/mol. The summed E-state index contributed by atoms with van der Waals surface area (Å²) in [5.41, 5.74) is 2.13. The summed E-state index contributed by atoms with van der Waals surface area (Å²) < 4.78 is 3.11.